The molecular formula is C15H16OS2. The van der Waals surface area contributed by atoms with Crippen molar-refractivity contribution in [3.8, 4) is 0 Å². The Kier molecular flexibility index (Phi) is 3.83. The Bertz CT molecular complexity index is 535. The van der Waals surface area contributed by atoms with E-state index in [-0.39, 0.29) is 6.10 Å². The highest BCUT2D eigenvalue weighted by molar-refractivity contribution is 8.17. The molecule has 2 aromatic carbocycles. The molecule has 1 heterocycles. The highest BCUT2D eigenvalue weighted by Gasteiger charge is 2.24. The number of thioether (sulfide) groups is 2. The van der Waals surface area contributed by atoms with Crippen LogP contribution >= 0.6 is 23.5 Å². The molecule has 1 fully saturated rings. The largest absolute Gasteiger partial charge is 0.386 e. The lowest BCUT2D eigenvalue weighted by Crippen LogP contribution is -2.16. The number of aliphatic hydroxyl groups is 1. The van der Waals surface area contributed by atoms with Crippen LogP contribution in [0, 0.1) is 0 Å². The fraction of sp³-hybridized carbons (Fsp3) is 0.333. The van der Waals surface area contributed by atoms with Crippen LogP contribution in [0.25, 0.3) is 10.8 Å². The van der Waals surface area contributed by atoms with Gasteiger partial charge in [-0.3, -0.25) is 0 Å². The van der Waals surface area contributed by atoms with Crippen LogP contribution in [-0.2, 0) is 0 Å². The summed E-state index contributed by atoms with van der Waals surface area (Å²) in [5, 5.41) is 12.9. The number of fused-ring (bicyclic) bond motifs is 1. The van der Waals surface area contributed by atoms with Crippen molar-refractivity contribution in [3.63, 3.8) is 0 Å². The molecule has 3 heteroatoms. The maximum absolute atomic E-state index is 10.5. The smallest absolute Gasteiger partial charge is 0.1000 e. The maximum atomic E-state index is 10.5. The van der Waals surface area contributed by atoms with Gasteiger partial charge in [-0.2, -0.15) is 0 Å². The van der Waals surface area contributed by atoms with Crippen molar-refractivity contribution in [2.75, 3.05) is 11.5 Å². The summed E-state index contributed by atoms with van der Waals surface area (Å²) in [7, 11) is 0. The maximum Gasteiger partial charge on any atom is 0.1000 e. The first-order chi connectivity index (χ1) is 8.84. The lowest BCUT2D eigenvalue weighted by molar-refractivity contribution is 0.196. The molecule has 1 nitrogen and oxygen atoms in total. The Morgan fingerprint density at radius 1 is 1.00 bits per heavy atom. The van der Waals surface area contributed by atoms with Crippen LogP contribution in [-0.4, -0.2) is 21.2 Å². The average molecular weight is 276 g/mol. The minimum atomic E-state index is -0.357. The van der Waals surface area contributed by atoms with E-state index in [1.54, 1.807) is 0 Å². The molecule has 0 spiro atoms. The van der Waals surface area contributed by atoms with Crippen molar-refractivity contribution in [2.45, 2.75) is 17.1 Å². The quantitative estimate of drug-likeness (QED) is 0.893. The topological polar surface area (TPSA) is 20.2 Å². The highest BCUT2D eigenvalue weighted by atomic mass is 32.2. The van der Waals surface area contributed by atoms with Crippen molar-refractivity contribution in [3.05, 3.63) is 48.0 Å². The number of benzene rings is 2. The second-order valence-electron chi connectivity index (χ2n) is 4.51. The molecule has 0 bridgehead atoms. The molecule has 0 radical (unpaired) electrons. The Morgan fingerprint density at radius 3 is 2.50 bits per heavy atom. The molecule has 0 aromatic heterocycles. The van der Waals surface area contributed by atoms with E-state index in [9.17, 15) is 5.11 Å². The number of aliphatic hydroxyl groups excluding tert-OH is 1. The summed E-state index contributed by atoms with van der Waals surface area (Å²) < 4.78 is 0.292. The summed E-state index contributed by atoms with van der Waals surface area (Å²) in [4.78, 5) is 0. The van der Waals surface area contributed by atoms with Crippen molar-refractivity contribution < 1.29 is 5.11 Å². The van der Waals surface area contributed by atoms with Crippen LogP contribution in [0.3, 0.4) is 0 Å². The Balaban J connectivity index is 1.88. The van der Waals surface area contributed by atoms with Crippen molar-refractivity contribution in [1.82, 2.24) is 0 Å². The Morgan fingerprint density at radius 2 is 1.72 bits per heavy atom. The second kappa shape index (κ2) is 5.55. The summed E-state index contributed by atoms with van der Waals surface area (Å²) in [5.41, 5.74) is 1.04. The standard InChI is InChI=1S/C15H16OS2/c16-14(15-17-8-3-9-18-15)13-7-6-11-4-1-2-5-12(11)10-13/h1-2,4-7,10,14-16H,3,8-9H2. The van der Waals surface area contributed by atoms with E-state index in [1.807, 2.05) is 35.7 Å². The van der Waals surface area contributed by atoms with Crippen LogP contribution < -0.4 is 0 Å². The van der Waals surface area contributed by atoms with E-state index in [0.29, 0.717) is 4.58 Å². The lowest BCUT2D eigenvalue weighted by Gasteiger charge is -2.26. The third-order valence-corrected chi connectivity index (χ3v) is 6.26. The van der Waals surface area contributed by atoms with Gasteiger partial charge in [0.25, 0.3) is 0 Å². The third-order valence-electron chi connectivity index (χ3n) is 3.23. The molecule has 94 valence electrons. The van der Waals surface area contributed by atoms with Gasteiger partial charge < -0.3 is 5.11 Å². The van der Waals surface area contributed by atoms with E-state index < -0.39 is 0 Å². The highest BCUT2D eigenvalue weighted by Crippen LogP contribution is 2.39. The first-order valence-corrected chi connectivity index (χ1v) is 8.34. The van der Waals surface area contributed by atoms with Gasteiger partial charge in [-0.25, -0.2) is 0 Å². The van der Waals surface area contributed by atoms with E-state index >= 15 is 0 Å². The molecule has 0 amide bonds. The van der Waals surface area contributed by atoms with Gasteiger partial charge in [-0.05, 0) is 40.3 Å². The zero-order valence-electron chi connectivity index (χ0n) is 10.1. The third kappa shape index (κ3) is 2.53. The predicted octanol–water partition coefficient (Wildman–Crippen LogP) is 4.07. The van der Waals surface area contributed by atoms with Crippen molar-refractivity contribution >= 4 is 34.3 Å². The fourth-order valence-electron chi connectivity index (χ4n) is 2.24. The van der Waals surface area contributed by atoms with Gasteiger partial charge in [-0.1, -0.05) is 36.4 Å². The molecule has 3 rings (SSSR count). The van der Waals surface area contributed by atoms with Gasteiger partial charge in [0, 0.05) is 0 Å². The van der Waals surface area contributed by atoms with Gasteiger partial charge in [0.05, 0.1) is 10.7 Å². The van der Waals surface area contributed by atoms with Crippen LogP contribution in [0.15, 0.2) is 42.5 Å². The van der Waals surface area contributed by atoms with Gasteiger partial charge >= 0.3 is 0 Å². The summed E-state index contributed by atoms with van der Waals surface area (Å²) in [5.74, 6) is 2.34. The number of hydrogen-bond donors (Lipinski definition) is 1. The molecule has 2 aromatic rings. The predicted molar refractivity (Wildman–Crippen MR) is 82.2 cm³/mol. The SMILES string of the molecule is OC(c1ccc2ccccc2c1)C1SCCCS1. The fourth-order valence-corrected chi connectivity index (χ4v) is 5.15. The van der Waals surface area contributed by atoms with Crippen molar-refractivity contribution in [2.24, 2.45) is 0 Å². The summed E-state index contributed by atoms with van der Waals surface area (Å²) in [6, 6.07) is 14.6. The Hall–Kier alpha value is -0.640. The van der Waals surface area contributed by atoms with E-state index in [2.05, 4.69) is 30.3 Å². The molecule has 1 unspecified atom stereocenters. The molecule has 18 heavy (non-hydrogen) atoms. The zero-order chi connectivity index (χ0) is 12.4. The molecule has 0 saturated carbocycles. The van der Waals surface area contributed by atoms with Crippen LogP contribution in [0.1, 0.15) is 18.1 Å². The second-order valence-corrected chi connectivity index (χ2v) is 7.31. The van der Waals surface area contributed by atoms with Gasteiger partial charge in [0.15, 0.2) is 0 Å². The first-order valence-electron chi connectivity index (χ1n) is 6.24. The van der Waals surface area contributed by atoms with Crippen LogP contribution in [0.2, 0.25) is 0 Å². The van der Waals surface area contributed by atoms with Crippen LogP contribution in [0.4, 0.5) is 0 Å². The number of hydrogen-bond acceptors (Lipinski definition) is 3. The molecular weight excluding hydrogens is 260 g/mol. The molecule has 1 atom stereocenters. The monoisotopic (exact) mass is 276 g/mol. The van der Waals surface area contributed by atoms with E-state index in [1.165, 1.54) is 28.7 Å². The molecule has 1 aliphatic rings. The van der Waals surface area contributed by atoms with Crippen molar-refractivity contribution in [1.29, 1.82) is 0 Å². The normalized spacial score (nSPS) is 18.9. The van der Waals surface area contributed by atoms with Gasteiger partial charge in [0.2, 0.25) is 0 Å². The number of rotatable bonds is 2. The van der Waals surface area contributed by atoms with Gasteiger partial charge in [0.1, 0.15) is 0 Å². The van der Waals surface area contributed by atoms with E-state index in [4.69, 9.17) is 0 Å². The zero-order valence-corrected chi connectivity index (χ0v) is 11.7. The van der Waals surface area contributed by atoms with E-state index in [0.717, 1.165) is 5.56 Å². The molecule has 1 aliphatic heterocycles. The molecule has 1 N–H and O–H groups in total. The molecule has 0 aliphatic carbocycles. The summed E-state index contributed by atoms with van der Waals surface area (Å²) in [6.07, 6.45) is 0.904. The van der Waals surface area contributed by atoms with Crippen LogP contribution in [0.5, 0.6) is 0 Å². The van der Waals surface area contributed by atoms with Gasteiger partial charge in [-0.15, -0.1) is 23.5 Å². The summed E-state index contributed by atoms with van der Waals surface area (Å²) in [6.45, 7) is 0. The molecule has 1 saturated heterocycles. The average Bonchev–Trinajstić information content (AvgIpc) is 2.47. The first kappa shape index (κ1) is 12.4. The lowest BCUT2D eigenvalue weighted by atomic mass is 10.0. The Labute approximate surface area is 116 Å². The minimum Gasteiger partial charge on any atom is -0.386 e. The summed E-state index contributed by atoms with van der Waals surface area (Å²) >= 11 is 3.77. The minimum absolute atomic E-state index is 0.292.